The van der Waals surface area contributed by atoms with Crippen LogP contribution in [0.5, 0.6) is 23.0 Å². The largest absolute Gasteiger partial charge is 0.497 e. The molecule has 0 radical (unpaired) electrons. The minimum Gasteiger partial charge on any atom is -0.497 e. The number of methoxy groups -OCH3 is 3. The average Bonchev–Trinajstić information content (AvgIpc) is 3.17. The SMILES string of the molecule is COc1ccc(OC(C)c2nnc(SCC(=O)c3ccc(OC)c(OC)c3)n2C)cc1. The van der Waals surface area contributed by atoms with Crippen molar-refractivity contribution in [2.75, 3.05) is 27.1 Å². The Morgan fingerprint density at radius 1 is 0.968 bits per heavy atom. The van der Waals surface area contributed by atoms with Crippen LogP contribution in [-0.2, 0) is 7.05 Å². The number of carbonyl (C=O) groups excluding carboxylic acids is 1. The number of Topliss-reactive ketones (excluding diaryl/α,β-unsaturated/α-hetero) is 1. The maximum atomic E-state index is 12.6. The summed E-state index contributed by atoms with van der Waals surface area (Å²) in [6, 6.07) is 12.5. The topological polar surface area (TPSA) is 84.7 Å². The molecule has 0 amide bonds. The maximum Gasteiger partial charge on any atom is 0.191 e. The van der Waals surface area contributed by atoms with Crippen molar-refractivity contribution in [2.24, 2.45) is 7.05 Å². The third-order valence-corrected chi connectivity index (χ3v) is 5.66. The fourth-order valence-corrected chi connectivity index (χ4v) is 3.75. The van der Waals surface area contributed by atoms with Crippen molar-refractivity contribution in [3.63, 3.8) is 0 Å². The van der Waals surface area contributed by atoms with Gasteiger partial charge in [-0.05, 0) is 49.4 Å². The van der Waals surface area contributed by atoms with E-state index in [2.05, 4.69) is 10.2 Å². The summed E-state index contributed by atoms with van der Waals surface area (Å²) >= 11 is 1.32. The third-order valence-electron chi connectivity index (χ3n) is 4.64. The first kappa shape index (κ1) is 22.5. The molecule has 8 nitrogen and oxygen atoms in total. The number of hydrogen-bond acceptors (Lipinski definition) is 8. The summed E-state index contributed by atoms with van der Waals surface area (Å²) in [5.41, 5.74) is 0.545. The lowest BCUT2D eigenvalue weighted by atomic mass is 10.1. The number of hydrogen-bond donors (Lipinski definition) is 0. The van der Waals surface area contributed by atoms with Crippen molar-refractivity contribution in [2.45, 2.75) is 18.2 Å². The van der Waals surface area contributed by atoms with Crippen LogP contribution in [0.15, 0.2) is 47.6 Å². The Balaban J connectivity index is 1.63. The highest BCUT2D eigenvalue weighted by atomic mass is 32.2. The average molecular weight is 444 g/mol. The summed E-state index contributed by atoms with van der Waals surface area (Å²) in [4.78, 5) is 12.6. The van der Waals surface area contributed by atoms with E-state index in [4.69, 9.17) is 18.9 Å². The van der Waals surface area contributed by atoms with Crippen molar-refractivity contribution in [3.8, 4) is 23.0 Å². The molecule has 0 saturated carbocycles. The van der Waals surface area contributed by atoms with E-state index in [9.17, 15) is 4.79 Å². The standard InChI is InChI=1S/C22H25N3O5S/c1-14(30-17-9-7-16(27-3)8-10-17)21-23-24-22(25(21)2)31-13-18(26)15-6-11-19(28-4)20(12-15)29-5/h6-12,14H,13H2,1-5H3. The van der Waals surface area contributed by atoms with E-state index in [1.807, 2.05) is 42.8 Å². The highest BCUT2D eigenvalue weighted by molar-refractivity contribution is 7.99. The van der Waals surface area contributed by atoms with Gasteiger partial charge in [-0.2, -0.15) is 0 Å². The number of thioether (sulfide) groups is 1. The van der Waals surface area contributed by atoms with Crippen LogP contribution in [-0.4, -0.2) is 47.6 Å². The lowest BCUT2D eigenvalue weighted by Gasteiger charge is -2.14. The number of rotatable bonds is 10. The highest BCUT2D eigenvalue weighted by Crippen LogP contribution is 2.29. The number of nitrogens with zero attached hydrogens (tertiary/aromatic N) is 3. The summed E-state index contributed by atoms with van der Waals surface area (Å²) in [6.45, 7) is 1.90. The Bertz CT molecular complexity index is 1040. The van der Waals surface area contributed by atoms with Gasteiger partial charge in [0.05, 0.1) is 27.1 Å². The number of ether oxygens (including phenoxy) is 4. The molecular formula is C22H25N3O5S. The van der Waals surface area contributed by atoms with Crippen molar-refractivity contribution in [1.29, 1.82) is 0 Å². The van der Waals surface area contributed by atoms with Crippen LogP contribution in [0.25, 0.3) is 0 Å². The first-order chi connectivity index (χ1) is 15.0. The van der Waals surface area contributed by atoms with Crippen LogP contribution in [0.1, 0.15) is 29.2 Å². The molecule has 164 valence electrons. The molecule has 0 aliphatic heterocycles. The zero-order valence-corrected chi connectivity index (χ0v) is 18.9. The predicted molar refractivity (Wildman–Crippen MR) is 118 cm³/mol. The zero-order chi connectivity index (χ0) is 22.4. The normalized spacial score (nSPS) is 11.6. The molecule has 0 saturated heterocycles. The molecule has 1 unspecified atom stereocenters. The lowest BCUT2D eigenvalue weighted by Crippen LogP contribution is -2.10. The summed E-state index contributed by atoms with van der Waals surface area (Å²) in [7, 11) is 6.57. The quantitative estimate of drug-likeness (QED) is 0.344. The van der Waals surface area contributed by atoms with Gasteiger partial charge in [-0.3, -0.25) is 4.79 Å². The van der Waals surface area contributed by atoms with E-state index in [0.717, 1.165) is 5.75 Å². The molecule has 0 spiro atoms. The Kier molecular flexibility index (Phi) is 7.41. The monoisotopic (exact) mass is 443 g/mol. The molecule has 9 heteroatoms. The first-order valence-electron chi connectivity index (χ1n) is 9.54. The Labute approximate surface area is 185 Å². The molecular weight excluding hydrogens is 418 g/mol. The predicted octanol–water partition coefficient (Wildman–Crippen LogP) is 3.96. The molecule has 31 heavy (non-hydrogen) atoms. The van der Waals surface area contributed by atoms with Gasteiger partial charge >= 0.3 is 0 Å². The Hall–Kier alpha value is -3.20. The Morgan fingerprint density at radius 3 is 2.29 bits per heavy atom. The van der Waals surface area contributed by atoms with E-state index in [1.54, 1.807) is 32.4 Å². The molecule has 1 heterocycles. The van der Waals surface area contributed by atoms with Gasteiger partial charge < -0.3 is 23.5 Å². The Morgan fingerprint density at radius 2 is 1.65 bits per heavy atom. The molecule has 1 aromatic heterocycles. The third kappa shape index (κ3) is 5.29. The van der Waals surface area contributed by atoms with Gasteiger partial charge in [0.1, 0.15) is 11.5 Å². The van der Waals surface area contributed by atoms with Gasteiger partial charge in [-0.15, -0.1) is 10.2 Å². The van der Waals surface area contributed by atoms with Crippen LogP contribution in [0, 0.1) is 0 Å². The van der Waals surface area contributed by atoms with Crippen molar-refractivity contribution in [1.82, 2.24) is 14.8 Å². The molecule has 0 bridgehead atoms. The highest BCUT2D eigenvalue weighted by Gasteiger charge is 2.19. The molecule has 0 N–H and O–H groups in total. The smallest absolute Gasteiger partial charge is 0.191 e. The van der Waals surface area contributed by atoms with E-state index < -0.39 is 0 Å². The van der Waals surface area contributed by atoms with Gasteiger partial charge in [0.15, 0.2) is 34.4 Å². The van der Waals surface area contributed by atoms with Crippen molar-refractivity contribution in [3.05, 3.63) is 53.9 Å². The molecule has 1 atom stereocenters. The van der Waals surface area contributed by atoms with Crippen molar-refractivity contribution < 1.29 is 23.7 Å². The summed E-state index contributed by atoms with van der Waals surface area (Å²) in [5.74, 6) is 3.40. The number of benzene rings is 2. The molecule has 3 aromatic rings. The second kappa shape index (κ2) is 10.2. The first-order valence-corrected chi connectivity index (χ1v) is 10.5. The van der Waals surface area contributed by atoms with Gasteiger partial charge in [0, 0.05) is 12.6 Å². The lowest BCUT2D eigenvalue weighted by molar-refractivity contribution is 0.102. The summed E-state index contributed by atoms with van der Waals surface area (Å²) in [6.07, 6.45) is -0.318. The van der Waals surface area contributed by atoms with E-state index in [0.29, 0.717) is 33.8 Å². The van der Waals surface area contributed by atoms with Crippen LogP contribution in [0.2, 0.25) is 0 Å². The molecule has 0 aliphatic carbocycles. The van der Waals surface area contributed by atoms with Crippen LogP contribution in [0.3, 0.4) is 0 Å². The van der Waals surface area contributed by atoms with Gasteiger partial charge in [-0.1, -0.05) is 11.8 Å². The van der Waals surface area contributed by atoms with E-state index in [-0.39, 0.29) is 17.6 Å². The summed E-state index contributed by atoms with van der Waals surface area (Å²) in [5, 5.41) is 9.09. The van der Waals surface area contributed by atoms with Gasteiger partial charge in [-0.25, -0.2) is 0 Å². The van der Waals surface area contributed by atoms with Crippen LogP contribution >= 0.6 is 11.8 Å². The van der Waals surface area contributed by atoms with Crippen molar-refractivity contribution >= 4 is 17.5 Å². The minimum absolute atomic E-state index is 0.0435. The van der Waals surface area contributed by atoms with Gasteiger partial charge in [0.2, 0.25) is 0 Å². The molecule has 0 aliphatic rings. The molecule has 2 aromatic carbocycles. The van der Waals surface area contributed by atoms with Crippen LogP contribution in [0.4, 0.5) is 0 Å². The zero-order valence-electron chi connectivity index (χ0n) is 18.1. The van der Waals surface area contributed by atoms with Crippen LogP contribution < -0.4 is 18.9 Å². The maximum absolute atomic E-state index is 12.6. The van der Waals surface area contributed by atoms with Gasteiger partial charge in [0.25, 0.3) is 0 Å². The molecule has 0 fully saturated rings. The minimum atomic E-state index is -0.318. The number of carbonyl (C=O) groups is 1. The molecule has 3 rings (SSSR count). The second-order valence-corrected chi connectivity index (χ2v) is 7.56. The summed E-state index contributed by atoms with van der Waals surface area (Å²) < 4.78 is 23.4. The van der Waals surface area contributed by atoms with E-state index in [1.165, 1.54) is 18.9 Å². The number of aromatic nitrogens is 3. The second-order valence-electron chi connectivity index (χ2n) is 6.62. The fraction of sp³-hybridized carbons (Fsp3) is 0.318. The fourth-order valence-electron chi connectivity index (χ4n) is 2.94. The van der Waals surface area contributed by atoms with E-state index >= 15 is 0 Å². The number of ketones is 1.